The van der Waals surface area contributed by atoms with Gasteiger partial charge in [0.2, 0.25) is 0 Å². The average Bonchev–Trinajstić information content (AvgIpc) is 3.10. The van der Waals surface area contributed by atoms with Crippen LogP contribution in [0.4, 0.5) is 5.69 Å². The van der Waals surface area contributed by atoms with E-state index in [1.54, 1.807) is 0 Å². The summed E-state index contributed by atoms with van der Waals surface area (Å²) in [5.41, 5.74) is 9.29. The van der Waals surface area contributed by atoms with Crippen LogP contribution in [0.15, 0.2) is 24.3 Å². The molecule has 176 valence electrons. The van der Waals surface area contributed by atoms with Crippen molar-refractivity contribution in [3.63, 3.8) is 0 Å². The lowest BCUT2D eigenvalue weighted by Gasteiger charge is -2.12. The monoisotopic (exact) mass is 471 g/mol. The number of anilines is 1. The fraction of sp³-hybridized carbons (Fsp3) is 0.375. The third kappa shape index (κ3) is 5.92. The Bertz CT molecular complexity index is 1160. The van der Waals surface area contributed by atoms with Crippen molar-refractivity contribution in [1.82, 2.24) is 10.3 Å². The van der Waals surface area contributed by atoms with E-state index in [4.69, 9.17) is 19.9 Å². The van der Waals surface area contributed by atoms with Gasteiger partial charge in [0, 0.05) is 17.6 Å². The molecule has 0 aliphatic rings. The first-order valence-corrected chi connectivity index (χ1v) is 11.6. The second kappa shape index (κ2) is 11.0. The number of nitrogens with two attached hydrogens (primary N) is 1. The molecule has 33 heavy (non-hydrogen) atoms. The van der Waals surface area contributed by atoms with Gasteiger partial charge >= 0.3 is 5.97 Å². The summed E-state index contributed by atoms with van der Waals surface area (Å²) in [6, 6.07) is 7.61. The van der Waals surface area contributed by atoms with Gasteiger partial charge in [-0.25, -0.2) is 9.78 Å². The maximum Gasteiger partial charge on any atom is 0.351 e. The summed E-state index contributed by atoms with van der Waals surface area (Å²) in [7, 11) is 0. The van der Waals surface area contributed by atoms with E-state index >= 15 is 0 Å². The molecule has 0 unspecified atom stereocenters. The van der Waals surface area contributed by atoms with E-state index in [1.165, 1.54) is 11.3 Å². The SMILES string of the molecule is CCOc1ccc(CCNC(=O)COC(=O)c2sc3nc(C)cc(C)c3c2N)cc1OCC. The zero-order valence-corrected chi connectivity index (χ0v) is 20.1. The Morgan fingerprint density at radius 3 is 2.55 bits per heavy atom. The number of thiophene rings is 1. The number of rotatable bonds is 10. The summed E-state index contributed by atoms with van der Waals surface area (Å²) in [6.07, 6.45) is 0.597. The number of ether oxygens (including phenoxy) is 3. The normalized spacial score (nSPS) is 10.8. The topological polar surface area (TPSA) is 113 Å². The summed E-state index contributed by atoms with van der Waals surface area (Å²) in [6.45, 7) is 8.73. The van der Waals surface area contributed by atoms with Gasteiger partial charge in [-0.3, -0.25) is 4.79 Å². The van der Waals surface area contributed by atoms with Crippen LogP contribution in [-0.4, -0.2) is 43.2 Å². The number of carbonyl (C=O) groups is 2. The minimum absolute atomic E-state index is 0.261. The molecule has 2 aromatic heterocycles. The summed E-state index contributed by atoms with van der Waals surface area (Å²) in [5.74, 6) is 0.359. The molecule has 1 amide bonds. The van der Waals surface area contributed by atoms with Crippen LogP contribution >= 0.6 is 11.3 Å². The Kier molecular flexibility index (Phi) is 8.11. The number of nitrogen functional groups attached to an aromatic ring is 1. The van der Waals surface area contributed by atoms with Crippen molar-refractivity contribution in [2.24, 2.45) is 0 Å². The average molecular weight is 472 g/mol. The molecule has 9 heteroatoms. The molecule has 0 bridgehead atoms. The van der Waals surface area contributed by atoms with Gasteiger partial charge in [0.25, 0.3) is 5.91 Å². The molecule has 0 atom stereocenters. The number of esters is 1. The lowest BCUT2D eigenvalue weighted by atomic mass is 10.1. The van der Waals surface area contributed by atoms with Crippen LogP contribution < -0.4 is 20.5 Å². The van der Waals surface area contributed by atoms with E-state index in [-0.39, 0.29) is 17.4 Å². The van der Waals surface area contributed by atoms with Crippen molar-refractivity contribution < 1.29 is 23.8 Å². The zero-order chi connectivity index (χ0) is 24.0. The van der Waals surface area contributed by atoms with Crippen LogP contribution in [0.1, 0.15) is 40.3 Å². The highest BCUT2D eigenvalue weighted by molar-refractivity contribution is 7.21. The maximum atomic E-state index is 12.5. The number of carbonyl (C=O) groups excluding carboxylic acids is 2. The van der Waals surface area contributed by atoms with Gasteiger partial charge in [-0.05, 0) is 63.4 Å². The van der Waals surface area contributed by atoms with Crippen LogP contribution in [0.25, 0.3) is 10.2 Å². The number of fused-ring (bicyclic) bond motifs is 1. The van der Waals surface area contributed by atoms with Gasteiger partial charge in [-0.2, -0.15) is 0 Å². The maximum absolute atomic E-state index is 12.5. The number of nitrogens with zero attached hydrogens (tertiary/aromatic N) is 1. The first-order valence-electron chi connectivity index (χ1n) is 10.8. The highest BCUT2D eigenvalue weighted by atomic mass is 32.1. The molecule has 0 fully saturated rings. The zero-order valence-electron chi connectivity index (χ0n) is 19.3. The highest BCUT2D eigenvalue weighted by Gasteiger charge is 2.21. The van der Waals surface area contributed by atoms with Gasteiger partial charge in [0.1, 0.15) is 9.71 Å². The van der Waals surface area contributed by atoms with E-state index in [2.05, 4.69) is 10.3 Å². The van der Waals surface area contributed by atoms with E-state index < -0.39 is 5.97 Å². The van der Waals surface area contributed by atoms with Crippen molar-refractivity contribution in [1.29, 1.82) is 0 Å². The number of nitrogens with one attached hydrogen (secondary N) is 1. The largest absolute Gasteiger partial charge is 0.490 e. The Morgan fingerprint density at radius 1 is 1.09 bits per heavy atom. The quantitative estimate of drug-likeness (QED) is 0.432. The summed E-state index contributed by atoms with van der Waals surface area (Å²) in [5, 5.41) is 3.51. The molecule has 3 rings (SSSR count). The standard InChI is InChI=1S/C24H29N3O5S/c1-5-30-17-8-7-16(12-18(17)31-6-2)9-10-26-19(28)13-32-24(29)22-21(25)20-14(3)11-15(4)27-23(20)33-22/h7-8,11-12H,5-6,9-10,13,25H2,1-4H3,(H,26,28). The van der Waals surface area contributed by atoms with Crippen LogP contribution in [0, 0.1) is 13.8 Å². The smallest absolute Gasteiger partial charge is 0.351 e. The number of hydrogen-bond acceptors (Lipinski definition) is 8. The van der Waals surface area contributed by atoms with Crippen molar-refractivity contribution in [3.8, 4) is 11.5 Å². The molecule has 0 spiro atoms. The number of amides is 1. The predicted molar refractivity (Wildman–Crippen MR) is 129 cm³/mol. The van der Waals surface area contributed by atoms with Crippen molar-refractivity contribution in [2.75, 3.05) is 32.1 Å². The van der Waals surface area contributed by atoms with Gasteiger partial charge < -0.3 is 25.3 Å². The lowest BCUT2D eigenvalue weighted by Crippen LogP contribution is -2.30. The van der Waals surface area contributed by atoms with Crippen LogP contribution in [-0.2, 0) is 16.0 Å². The van der Waals surface area contributed by atoms with E-state index in [0.717, 1.165) is 22.2 Å². The molecule has 8 nitrogen and oxygen atoms in total. The molecule has 2 heterocycles. The molecular formula is C24H29N3O5S. The number of hydrogen-bond donors (Lipinski definition) is 2. The molecule has 0 aliphatic heterocycles. The second-order valence-electron chi connectivity index (χ2n) is 7.43. The highest BCUT2D eigenvalue weighted by Crippen LogP contribution is 2.35. The minimum atomic E-state index is -0.629. The van der Waals surface area contributed by atoms with Crippen molar-refractivity contribution in [2.45, 2.75) is 34.1 Å². The molecule has 0 aliphatic carbocycles. The first-order chi connectivity index (χ1) is 15.8. The van der Waals surface area contributed by atoms with Gasteiger partial charge in [-0.1, -0.05) is 6.07 Å². The fourth-order valence-corrected chi connectivity index (χ4v) is 4.58. The number of pyridine rings is 1. The van der Waals surface area contributed by atoms with E-state index in [0.29, 0.717) is 48.2 Å². The molecule has 3 N–H and O–H groups in total. The number of benzene rings is 1. The Labute approximate surface area is 197 Å². The Hall–Kier alpha value is -3.33. The van der Waals surface area contributed by atoms with Crippen LogP contribution in [0.2, 0.25) is 0 Å². The first kappa shape index (κ1) is 24.3. The molecular weight excluding hydrogens is 442 g/mol. The van der Waals surface area contributed by atoms with Crippen molar-refractivity contribution in [3.05, 3.63) is 46.0 Å². The van der Waals surface area contributed by atoms with Gasteiger partial charge in [0.05, 0.1) is 18.9 Å². The lowest BCUT2D eigenvalue weighted by molar-refractivity contribution is -0.124. The third-order valence-electron chi connectivity index (χ3n) is 4.89. The molecule has 1 aromatic carbocycles. The molecule has 0 saturated heterocycles. The Balaban J connectivity index is 1.52. The van der Waals surface area contributed by atoms with E-state index in [9.17, 15) is 9.59 Å². The molecule has 3 aromatic rings. The fourth-order valence-electron chi connectivity index (χ4n) is 3.47. The third-order valence-corrected chi connectivity index (χ3v) is 5.97. The number of aryl methyl sites for hydroxylation is 2. The minimum Gasteiger partial charge on any atom is -0.490 e. The van der Waals surface area contributed by atoms with Gasteiger partial charge in [0.15, 0.2) is 18.1 Å². The van der Waals surface area contributed by atoms with Crippen LogP contribution in [0.3, 0.4) is 0 Å². The predicted octanol–water partition coefficient (Wildman–Crippen LogP) is 3.81. The molecule has 0 radical (unpaired) electrons. The number of aromatic nitrogens is 1. The Morgan fingerprint density at radius 2 is 1.82 bits per heavy atom. The van der Waals surface area contributed by atoms with Crippen LogP contribution in [0.5, 0.6) is 11.5 Å². The van der Waals surface area contributed by atoms with E-state index in [1.807, 2.05) is 52.0 Å². The summed E-state index contributed by atoms with van der Waals surface area (Å²) in [4.78, 5) is 30.0. The van der Waals surface area contributed by atoms with Crippen molar-refractivity contribution >= 4 is 39.1 Å². The molecule has 0 saturated carbocycles. The summed E-state index contributed by atoms with van der Waals surface area (Å²) >= 11 is 1.17. The van der Waals surface area contributed by atoms with Gasteiger partial charge in [-0.15, -0.1) is 11.3 Å². The second-order valence-corrected chi connectivity index (χ2v) is 8.43. The summed E-state index contributed by atoms with van der Waals surface area (Å²) < 4.78 is 16.4.